The van der Waals surface area contributed by atoms with Crippen LogP contribution in [0.3, 0.4) is 0 Å². The molecule has 2 heterocycles. The Kier molecular flexibility index (Phi) is 8.71. The fraction of sp³-hybridized carbons (Fsp3) is 0.136. The lowest BCUT2D eigenvalue weighted by atomic mass is 9.99. The molecule has 1 atom stereocenters. The lowest BCUT2D eigenvalue weighted by molar-refractivity contribution is 0.252. The standard InChI is InChI=1S/C44H36N4O/c1-5-13-31(14-6-1)39-29-40(32-15-7-2-8-16-32)47-44(46-39)36-23-27-38(28-24-36)49-37-25-21-34(22-26-37)42-30-41(33-17-9-3-10-18-33)45-43(48-42)35-19-11-4-12-20-35/h1-3,5-7,9-11,13-15,17-27,29-30,38H,4,8,12,16,28H2. The van der Waals surface area contributed by atoms with Crippen molar-refractivity contribution in [2.24, 2.45) is 0 Å². The first-order valence-electron chi connectivity index (χ1n) is 17.0. The van der Waals surface area contributed by atoms with Crippen molar-refractivity contribution in [1.29, 1.82) is 0 Å². The highest BCUT2D eigenvalue weighted by Gasteiger charge is 2.17. The highest BCUT2D eigenvalue weighted by molar-refractivity contribution is 5.77. The van der Waals surface area contributed by atoms with Crippen LogP contribution < -0.4 is 4.74 Å². The molecule has 2 aromatic heterocycles. The molecule has 0 fully saturated rings. The first-order valence-corrected chi connectivity index (χ1v) is 17.0. The molecule has 5 nitrogen and oxygen atoms in total. The summed E-state index contributed by atoms with van der Waals surface area (Å²) in [5, 5.41) is 0. The van der Waals surface area contributed by atoms with Crippen molar-refractivity contribution in [1.82, 2.24) is 19.9 Å². The molecule has 0 amide bonds. The van der Waals surface area contributed by atoms with E-state index in [1.807, 2.05) is 48.5 Å². The van der Waals surface area contributed by atoms with E-state index in [-0.39, 0.29) is 6.10 Å². The van der Waals surface area contributed by atoms with E-state index < -0.39 is 0 Å². The molecule has 49 heavy (non-hydrogen) atoms. The minimum atomic E-state index is -0.0853. The number of nitrogens with zero attached hydrogens (tertiary/aromatic N) is 4. The zero-order valence-electron chi connectivity index (χ0n) is 27.2. The number of hydrogen-bond donors (Lipinski definition) is 0. The van der Waals surface area contributed by atoms with Gasteiger partial charge in [-0.3, -0.25) is 0 Å². The molecule has 0 aliphatic heterocycles. The van der Waals surface area contributed by atoms with Gasteiger partial charge in [-0.2, -0.15) is 0 Å². The Morgan fingerprint density at radius 2 is 1.16 bits per heavy atom. The second-order valence-electron chi connectivity index (χ2n) is 12.4. The molecule has 238 valence electrons. The van der Waals surface area contributed by atoms with Crippen molar-refractivity contribution < 1.29 is 4.74 Å². The van der Waals surface area contributed by atoms with Crippen LogP contribution >= 0.6 is 0 Å². The summed E-state index contributed by atoms with van der Waals surface area (Å²) in [6.07, 6.45) is 24.1. The van der Waals surface area contributed by atoms with Crippen LogP contribution in [0.2, 0.25) is 0 Å². The Balaban J connectivity index is 1.01. The lowest BCUT2D eigenvalue weighted by Gasteiger charge is -2.19. The molecular formula is C44H36N4O. The Bertz CT molecular complexity index is 2160. The van der Waals surface area contributed by atoms with Crippen LogP contribution in [-0.2, 0) is 0 Å². The van der Waals surface area contributed by atoms with Crippen molar-refractivity contribution >= 4 is 16.7 Å². The molecule has 1 unspecified atom stereocenters. The number of benzene rings is 3. The van der Waals surface area contributed by atoms with Gasteiger partial charge in [0.05, 0.1) is 22.8 Å². The van der Waals surface area contributed by atoms with Gasteiger partial charge in [0.15, 0.2) is 11.6 Å². The zero-order chi connectivity index (χ0) is 32.8. The molecule has 0 radical (unpaired) electrons. The largest absolute Gasteiger partial charge is 0.486 e. The van der Waals surface area contributed by atoms with Gasteiger partial charge in [-0.15, -0.1) is 0 Å². The highest BCUT2D eigenvalue weighted by Crippen LogP contribution is 2.31. The molecule has 0 spiro atoms. The quantitative estimate of drug-likeness (QED) is 0.170. The maximum absolute atomic E-state index is 6.41. The van der Waals surface area contributed by atoms with E-state index in [1.54, 1.807) is 0 Å². The van der Waals surface area contributed by atoms with Gasteiger partial charge in [0.2, 0.25) is 0 Å². The third-order valence-corrected chi connectivity index (χ3v) is 8.94. The average molecular weight is 637 g/mol. The maximum atomic E-state index is 6.41. The first kappa shape index (κ1) is 30.4. The molecule has 8 rings (SSSR count). The van der Waals surface area contributed by atoms with Crippen LogP contribution in [0.5, 0.6) is 5.75 Å². The lowest BCUT2D eigenvalue weighted by Crippen LogP contribution is -2.15. The number of aromatic nitrogens is 4. The molecule has 3 aliphatic carbocycles. The van der Waals surface area contributed by atoms with Gasteiger partial charge in [0.25, 0.3) is 0 Å². The molecule has 0 saturated carbocycles. The van der Waals surface area contributed by atoms with Crippen molar-refractivity contribution in [2.75, 3.05) is 0 Å². The summed E-state index contributed by atoms with van der Waals surface area (Å²) in [4.78, 5) is 19.9. The van der Waals surface area contributed by atoms with Crippen molar-refractivity contribution in [3.63, 3.8) is 0 Å². The van der Waals surface area contributed by atoms with Crippen LogP contribution in [0.1, 0.15) is 49.4 Å². The van der Waals surface area contributed by atoms with E-state index in [9.17, 15) is 0 Å². The SMILES string of the molecule is C1=CCCC(c2cc(-c3ccccc3)nc(C3=CCC(Oc4ccc(-c5cc(-c6ccccc6)nc(C6=CCCC=C6)n5)cc4)C=C3)n2)=C1. The van der Waals surface area contributed by atoms with Crippen LogP contribution in [0.4, 0.5) is 0 Å². The minimum absolute atomic E-state index is 0.0853. The predicted octanol–water partition coefficient (Wildman–Crippen LogP) is 10.5. The van der Waals surface area contributed by atoms with E-state index in [0.29, 0.717) is 0 Å². The van der Waals surface area contributed by atoms with Crippen molar-refractivity contribution in [3.8, 4) is 39.5 Å². The van der Waals surface area contributed by atoms with Crippen molar-refractivity contribution in [3.05, 3.63) is 169 Å². The molecule has 5 heteroatoms. The molecular weight excluding hydrogens is 601 g/mol. The molecule has 0 N–H and O–H groups in total. The molecule has 5 aromatic rings. The van der Waals surface area contributed by atoms with Crippen molar-refractivity contribution in [2.45, 2.75) is 38.2 Å². The third kappa shape index (κ3) is 7.02. The Morgan fingerprint density at radius 3 is 1.73 bits per heavy atom. The van der Waals surface area contributed by atoms with Gasteiger partial charge in [0, 0.05) is 34.3 Å². The topological polar surface area (TPSA) is 60.8 Å². The van der Waals surface area contributed by atoms with Crippen LogP contribution in [0.25, 0.3) is 50.5 Å². The normalized spacial score (nSPS) is 16.9. The molecule has 0 bridgehead atoms. The number of hydrogen-bond acceptors (Lipinski definition) is 5. The predicted molar refractivity (Wildman–Crippen MR) is 199 cm³/mol. The van der Waals surface area contributed by atoms with E-state index in [4.69, 9.17) is 24.7 Å². The smallest absolute Gasteiger partial charge is 0.160 e. The summed E-state index contributed by atoms with van der Waals surface area (Å²) in [6.45, 7) is 0. The van der Waals surface area contributed by atoms with Crippen LogP contribution in [0, 0.1) is 0 Å². The Labute approximate surface area is 287 Å². The summed E-state index contributed by atoms with van der Waals surface area (Å²) in [5.41, 5.74) is 10.2. The fourth-order valence-electron chi connectivity index (χ4n) is 6.31. The third-order valence-electron chi connectivity index (χ3n) is 8.94. The summed E-state index contributed by atoms with van der Waals surface area (Å²) < 4.78 is 6.41. The summed E-state index contributed by atoms with van der Waals surface area (Å²) in [5.74, 6) is 2.30. The molecule has 0 saturated heterocycles. The first-order chi connectivity index (χ1) is 24.2. The van der Waals surface area contributed by atoms with Gasteiger partial charge >= 0.3 is 0 Å². The number of rotatable bonds is 8. The summed E-state index contributed by atoms with van der Waals surface area (Å²) in [7, 11) is 0. The van der Waals surface area contributed by atoms with Crippen LogP contribution in [0.15, 0.2) is 152 Å². The van der Waals surface area contributed by atoms with E-state index in [2.05, 4.69) is 103 Å². The van der Waals surface area contributed by atoms with E-state index >= 15 is 0 Å². The second-order valence-corrected chi connectivity index (χ2v) is 12.4. The van der Waals surface area contributed by atoms with Gasteiger partial charge in [-0.05, 0) is 73.7 Å². The minimum Gasteiger partial charge on any atom is -0.486 e. The molecule has 3 aliphatic rings. The number of allylic oxidation sites excluding steroid dienone is 10. The Morgan fingerprint density at radius 1 is 0.551 bits per heavy atom. The average Bonchev–Trinajstić information content (AvgIpc) is 3.19. The van der Waals surface area contributed by atoms with Gasteiger partial charge in [-0.1, -0.05) is 109 Å². The fourth-order valence-corrected chi connectivity index (χ4v) is 6.31. The van der Waals surface area contributed by atoms with Gasteiger partial charge in [0.1, 0.15) is 11.9 Å². The Hall–Kier alpha value is -5.94. The highest BCUT2D eigenvalue weighted by atomic mass is 16.5. The van der Waals surface area contributed by atoms with E-state index in [0.717, 1.165) is 100 Å². The van der Waals surface area contributed by atoms with Gasteiger partial charge < -0.3 is 4.74 Å². The van der Waals surface area contributed by atoms with E-state index in [1.165, 1.54) is 5.57 Å². The second kappa shape index (κ2) is 14.0. The summed E-state index contributed by atoms with van der Waals surface area (Å²) in [6, 6.07) is 33.0. The zero-order valence-corrected chi connectivity index (χ0v) is 27.2. The van der Waals surface area contributed by atoms with Gasteiger partial charge in [-0.25, -0.2) is 19.9 Å². The number of ether oxygens (including phenoxy) is 1. The molecule has 3 aromatic carbocycles. The monoisotopic (exact) mass is 636 g/mol. The maximum Gasteiger partial charge on any atom is 0.160 e. The van der Waals surface area contributed by atoms with Crippen LogP contribution in [-0.4, -0.2) is 26.0 Å². The summed E-state index contributed by atoms with van der Waals surface area (Å²) >= 11 is 0.